The number of nitrogens with one attached hydrogen (secondary N) is 1. The highest BCUT2D eigenvalue weighted by Crippen LogP contribution is 2.27. The molecule has 0 aliphatic carbocycles. The van der Waals surface area contributed by atoms with E-state index in [4.69, 9.17) is 0 Å². The van der Waals surface area contributed by atoms with Gasteiger partial charge in [0.1, 0.15) is 6.33 Å². The fourth-order valence-electron chi connectivity index (χ4n) is 3.42. The summed E-state index contributed by atoms with van der Waals surface area (Å²) in [6.45, 7) is 11.6. The van der Waals surface area contributed by atoms with Gasteiger partial charge in [-0.1, -0.05) is 62.9 Å². The molecule has 0 aliphatic heterocycles. The van der Waals surface area contributed by atoms with Gasteiger partial charge in [-0.2, -0.15) is 0 Å². The molecular weight excluding hydrogens is 392 g/mol. The van der Waals surface area contributed by atoms with Crippen LogP contribution in [-0.4, -0.2) is 33.0 Å². The molecule has 0 saturated carbocycles. The first-order chi connectivity index (χ1) is 14.3. The second-order valence-electron chi connectivity index (χ2n) is 8.55. The van der Waals surface area contributed by atoms with Gasteiger partial charge >= 0.3 is 0 Å². The molecule has 158 valence electrons. The molecule has 0 atom stereocenters. The summed E-state index contributed by atoms with van der Waals surface area (Å²) < 4.78 is 1.89. The van der Waals surface area contributed by atoms with Gasteiger partial charge in [0.15, 0.2) is 5.16 Å². The van der Waals surface area contributed by atoms with Gasteiger partial charge in [0, 0.05) is 12.2 Å². The van der Waals surface area contributed by atoms with Crippen LogP contribution in [0.5, 0.6) is 0 Å². The first-order valence-corrected chi connectivity index (χ1v) is 11.2. The van der Waals surface area contributed by atoms with E-state index < -0.39 is 0 Å². The molecule has 0 fully saturated rings. The maximum atomic E-state index is 12.3. The fourth-order valence-corrected chi connectivity index (χ4v) is 4.18. The molecule has 5 nitrogen and oxygen atoms in total. The minimum absolute atomic E-state index is 0.00392. The van der Waals surface area contributed by atoms with Crippen molar-refractivity contribution in [3.8, 4) is 5.69 Å². The van der Waals surface area contributed by atoms with Gasteiger partial charge in [0.2, 0.25) is 5.91 Å². The average Bonchev–Trinajstić information content (AvgIpc) is 3.17. The van der Waals surface area contributed by atoms with Gasteiger partial charge in [-0.15, -0.1) is 10.2 Å². The van der Waals surface area contributed by atoms with Gasteiger partial charge in [0.25, 0.3) is 0 Å². The predicted molar refractivity (Wildman–Crippen MR) is 123 cm³/mol. The van der Waals surface area contributed by atoms with E-state index in [1.807, 2.05) is 34.9 Å². The number of nitrogens with zero attached hydrogens (tertiary/aromatic N) is 3. The molecule has 0 aliphatic rings. The zero-order valence-electron chi connectivity index (χ0n) is 18.4. The third kappa shape index (κ3) is 5.51. The lowest BCUT2D eigenvalue weighted by Gasteiger charge is -2.22. The topological polar surface area (TPSA) is 59.8 Å². The Morgan fingerprint density at radius 1 is 1.10 bits per heavy atom. The fraction of sp³-hybridized carbons (Fsp3) is 0.375. The molecular formula is C24H30N4OS. The number of amides is 1. The summed E-state index contributed by atoms with van der Waals surface area (Å²) in [5.74, 6) is 0.316. The van der Waals surface area contributed by atoms with Crippen molar-refractivity contribution in [2.45, 2.75) is 51.6 Å². The number of carbonyl (C=O) groups is 1. The van der Waals surface area contributed by atoms with Crippen LogP contribution >= 0.6 is 11.8 Å². The average molecular weight is 423 g/mol. The summed E-state index contributed by atoms with van der Waals surface area (Å²) >= 11 is 1.39. The highest BCUT2D eigenvalue weighted by atomic mass is 32.2. The van der Waals surface area contributed by atoms with Crippen molar-refractivity contribution in [1.82, 2.24) is 20.1 Å². The van der Waals surface area contributed by atoms with Crippen molar-refractivity contribution in [2.75, 3.05) is 12.3 Å². The molecule has 1 heterocycles. The largest absolute Gasteiger partial charge is 0.355 e. The van der Waals surface area contributed by atoms with Crippen LogP contribution in [-0.2, 0) is 16.6 Å². The van der Waals surface area contributed by atoms with E-state index in [0.29, 0.717) is 17.5 Å². The van der Waals surface area contributed by atoms with Crippen molar-refractivity contribution < 1.29 is 4.79 Å². The predicted octanol–water partition coefficient (Wildman–Crippen LogP) is 4.63. The van der Waals surface area contributed by atoms with Crippen molar-refractivity contribution >= 4 is 17.7 Å². The lowest BCUT2D eigenvalue weighted by atomic mass is 9.83. The van der Waals surface area contributed by atoms with Crippen molar-refractivity contribution in [3.63, 3.8) is 0 Å². The second-order valence-corrected chi connectivity index (χ2v) is 9.49. The number of carbonyl (C=O) groups excluding carboxylic acids is 1. The van der Waals surface area contributed by atoms with Crippen LogP contribution in [0.15, 0.2) is 53.9 Å². The Hall–Kier alpha value is -2.60. The molecule has 6 heteroatoms. The Balaban J connectivity index is 1.53. The van der Waals surface area contributed by atoms with Gasteiger partial charge in [0.05, 0.1) is 5.75 Å². The number of aryl methyl sites for hydroxylation is 2. The Labute approximate surface area is 183 Å². The highest BCUT2D eigenvalue weighted by Gasteiger charge is 2.16. The molecule has 1 N–H and O–H groups in total. The monoisotopic (exact) mass is 422 g/mol. The quantitative estimate of drug-likeness (QED) is 0.564. The number of hydrogen-bond acceptors (Lipinski definition) is 4. The number of benzene rings is 2. The smallest absolute Gasteiger partial charge is 0.230 e. The second kappa shape index (κ2) is 9.47. The van der Waals surface area contributed by atoms with E-state index in [0.717, 1.165) is 12.1 Å². The summed E-state index contributed by atoms with van der Waals surface area (Å²) in [6, 6.07) is 14.4. The third-order valence-electron chi connectivity index (χ3n) is 5.14. The lowest BCUT2D eigenvalue weighted by molar-refractivity contribution is -0.118. The van der Waals surface area contributed by atoms with Gasteiger partial charge < -0.3 is 5.32 Å². The van der Waals surface area contributed by atoms with E-state index in [1.165, 1.54) is 34.0 Å². The molecule has 1 amide bonds. The van der Waals surface area contributed by atoms with Gasteiger partial charge in [-0.3, -0.25) is 9.36 Å². The maximum absolute atomic E-state index is 12.3. The van der Waals surface area contributed by atoms with Crippen LogP contribution in [0.2, 0.25) is 0 Å². The number of para-hydroxylation sites is 1. The Morgan fingerprint density at radius 3 is 2.40 bits per heavy atom. The van der Waals surface area contributed by atoms with Crippen molar-refractivity contribution in [3.05, 3.63) is 71.0 Å². The molecule has 30 heavy (non-hydrogen) atoms. The molecule has 2 aromatic carbocycles. The van der Waals surface area contributed by atoms with Crippen LogP contribution in [0.3, 0.4) is 0 Å². The minimum Gasteiger partial charge on any atom is -0.355 e. The third-order valence-corrected chi connectivity index (χ3v) is 6.09. The summed E-state index contributed by atoms with van der Waals surface area (Å²) in [4.78, 5) is 12.3. The summed E-state index contributed by atoms with van der Waals surface area (Å²) in [5, 5.41) is 11.9. The van der Waals surface area contributed by atoms with Crippen LogP contribution in [0.25, 0.3) is 5.69 Å². The van der Waals surface area contributed by atoms with E-state index in [1.54, 1.807) is 6.33 Å². The summed E-state index contributed by atoms with van der Waals surface area (Å²) in [6.07, 6.45) is 2.50. The minimum atomic E-state index is 0.00392. The summed E-state index contributed by atoms with van der Waals surface area (Å²) in [5.41, 5.74) is 6.37. The maximum Gasteiger partial charge on any atom is 0.230 e. The molecule has 0 unspecified atom stereocenters. The number of rotatable bonds is 7. The Morgan fingerprint density at radius 2 is 1.77 bits per heavy atom. The first-order valence-electron chi connectivity index (χ1n) is 10.2. The van der Waals surface area contributed by atoms with Crippen LogP contribution in [0.1, 0.15) is 43.0 Å². The standard InChI is InChI=1S/C24H30N4OS/c1-17-13-19(24(3,4)5)14-18(2)21(17)11-12-25-22(29)15-30-23-27-26-16-28(23)20-9-7-6-8-10-20/h6-10,13-14,16H,11-12,15H2,1-5H3,(H,25,29). The Bertz CT molecular complexity index is 983. The molecule has 0 radical (unpaired) electrons. The SMILES string of the molecule is Cc1cc(C(C)(C)C)cc(C)c1CCNC(=O)CSc1nncn1-c1ccccc1. The number of hydrogen-bond donors (Lipinski definition) is 1. The zero-order valence-corrected chi connectivity index (χ0v) is 19.2. The molecule has 1 aromatic heterocycles. The molecule has 3 aromatic rings. The zero-order chi connectivity index (χ0) is 21.7. The summed E-state index contributed by atoms with van der Waals surface area (Å²) in [7, 11) is 0. The molecule has 0 saturated heterocycles. The number of thioether (sulfide) groups is 1. The number of aromatic nitrogens is 3. The Kier molecular flexibility index (Phi) is 6.98. The van der Waals surface area contributed by atoms with Crippen LogP contribution in [0, 0.1) is 13.8 Å². The van der Waals surface area contributed by atoms with Crippen LogP contribution in [0.4, 0.5) is 0 Å². The van der Waals surface area contributed by atoms with Crippen molar-refractivity contribution in [2.24, 2.45) is 0 Å². The highest BCUT2D eigenvalue weighted by molar-refractivity contribution is 7.99. The molecule has 0 spiro atoms. The van der Waals surface area contributed by atoms with Gasteiger partial charge in [-0.05, 0) is 60.1 Å². The molecule has 0 bridgehead atoms. The van der Waals surface area contributed by atoms with Gasteiger partial charge in [-0.25, -0.2) is 0 Å². The van der Waals surface area contributed by atoms with E-state index in [-0.39, 0.29) is 11.3 Å². The van der Waals surface area contributed by atoms with Crippen LogP contribution < -0.4 is 5.32 Å². The van der Waals surface area contributed by atoms with Crippen molar-refractivity contribution in [1.29, 1.82) is 0 Å². The molecule has 3 rings (SSSR count). The van der Waals surface area contributed by atoms with E-state index >= 15 is 0 Å². The first kappa shape index (κ1) is 22.1. The normalized spacial score (nSPS) is 11.5. The lowest BCUT2D eigenvalue weighted by Crippen LogP contribution is -2.27. The van der Waals surface area contributed by atoms with E-state index in [9.17, 15) is 4.79 Å². The van der Waals surface area contributed by atoms with E-state index in [2.05, 4.69) is 62.3 Å².